The second-order valence-corrected chi connectivity index (χ2v) is 6.24. The van der Waals surface area contributed by atoms with Crippen molar-refractivity contribution >= 4 is 28.7 Å². The van der Waals surface area contributed by atoms with Crippen LogP contribution in [0.25, 0.3) is 11.2 Å². The number of carbonyl (C=O) groups excluding carboxylic acids is 2. The van der Waals surface area contributed by atoms with Gasteiger partial charge in [0, 0.05) is 12.7 Å². The van der Waals surface area contributed by atoms with E-state index in [9.17, 15) is 9.59 Å². The molecule has 0 spiro atoms. The third-order valence-electron chi connectivity index (χ3n) is 3.70. The molecule has 1 amide bonds. The summed E-state index contributed by atoms with van der Waals surface area (Å²) in [5, 5.41) is 2.72. The minimum Gasteiger partial charge on any atom is -0.464 e. The molecule has 8 heteroatoms. The van der Waals surface area contributed by atoms with Gasteiger partial charge in [-0.25, -0.2) is 19.7 Å². The van der Waals surface area contributed by atoms with Gasteiger partial charge in [0.15, 0.2) is 5.65 Å². The van der Waals surface area contributed by atoms with Crippen LogP contribution in [0.15, 0.2) is 36.9 Å². The first-order chi connectivity index (χ1) is 12.5. The molecule has 3 aromatic heterocycles. The zero-order valence-electron chi connectivity index (χ0n) is 14.8. The summed E-state index contributed by atoms with van der Waals surface area (Å²) in [7, 11) is 1.28. The number of anilines is 1. The summed E-state index contributed by atoms with van der Waals surface area (Å²) in [6.07, 6.45) is 4.65. The Morgan fingerprint density at radius 1 is 1.19 bits per heavy atom. The van der Waals surface area contributed by atoms with Crippen LogP contribution in [0.1, 0.15) is 34.7 Å². The topological polar surface area (TPSA) is 99.0 Å². The van der Waals surface area contributed by atoms with Crippen molar-refractivity contribution in [1.82, 2.24) is 19.5 Å². The van der Waals surface area contributed by atoms with Gasteiger partial charge in [-0.2, -0.15) is 0 Å². The molecule has 3 rings (SSSR count). The van der Waals surface area contributed by atoms with E-state index in [2.05, 4.69) is 38.9 Å². The molecule has 0 unspecified atom stereocenters. The van der Waals surface area contributed by atoms with Crippen molar-refractivity contribution in [2.24, 2.45) is 5.92 Å². The number of carbonyl (C=O) groups is 2. The third-order valence-corrected chi connectivity index (χ3v) is 3.70. The Kier molecular flexibility index (Phi) is 4.92. The number of hydrogen-bond donors (Lipinski definition) is 1. The second-order valence-electron chi connectivity index (χ2n) is 6.24. The fourth-order valence-corrected chi connectivity index (χ4v) is 2.50. The van der Waals surface area contributed by atoms with E-state index in [4.69, 9.17) is 0 Å². The summed E-state index contributed by atoms with van der Waals surface area (Å²) in [5.41, 5.74) is 2.44. The van der Waals surface area contributed by atoms with Gasteiger partial charge in [0.2, 0.25) is 0 Å². The highest BCUT2D eigenvalue weighted by atomic mass is 16.5. The second kappa shape index (κ2) is 7.30. The van der Waals surface area contributed by atoms with Crippen molar-refractivity contribution in [3.8, 4) is 0 Å². The molecule has 0 aliphatic heterocycles. The summed E-state index contributed by atoms with van der Waals surface area (Å²) in [5.74, 6) is -0.391. The maximum Gasteiger partial charge on any atom is 0.356 e. The van der Waals surface area contributed by atoms with Crippen LogP contribution < -0.4 is 5.32 Å². The number of amides is 1. The molecule has 0 aliphatic rings. The van der Waals surface area contributed by atoms with Gasteiger partial charge in [-0.1, -0.05) is 13.8 Å². The molecular weight excluding hydrogens is 334 g/mol. The number of pyridine rings is 2. The summed E-state index contributed by atoms with van der Waals surface area (Å²) < 4.78 is 6.56. The molecule has 8 nitrogen and oxygen atoms in total. The van der Waals surface area contributed by atoms with Crippen LogP contribution in [0.4, 0.5) is 5.69 Å². The predicted molar refractivity (Wildman–Crippen MR) is 95.9 cm³/mol. The van der Waals surface area contributed by atoms with Gasteiger partial charge in [-0.05, 0) is 24.1 Å². The van der Waals surface area contributed by atoms with E-state index in [-0.39, 0.29) is 11.6 Å². The molecule has 0 aromatic carbocycles. The first kappa shape index (κ1) is 17.5. The minimum atomic E-state index is -0.533. The lowest BCUT2D eigenvalue weighted by molar-refractivity contribution is 0.0594. The highest BCUT2D eigenvalue weighted by molar-refractivity contribution is 6.05. The van der Waals surface area contributed by atoms with Crippen molar-refractivity contribution in [2.75, 3.05) is 12.4 Å². The Morgan fingerprint density at radius 2 is 2.00 bits per heavy atom. The first-order valence-electron chi connectivity index (χ1n) is 8.14. The molecule has 0 aliphatic carbocycles. The molecule has 3 aromatic rings. The molecule has 26 heavy (non-hydrogen) atoms. The number of esters is 1. The normalized spacial score (nSPS) is 10.9. The number of hydrogen-bond acceptors (Lipinski definition) is 6. The third kappa shape index (κ3) is 3.69. The highest BCUT2D eigenvalue weighted by Crippen LogP contribution is 2.15. The maximum absolute atomic E-state index is 12.4. The lowest BCUT2D eigenvalue weighted by atomic mass is 10.2. The number of imidazole rings is 1. The van der Waals surface area contributed by atoms with Crippen LogP contribution in [0.5, 0.6) is 0 Å². The average Bonchev–Trinajstić information content (AvgIpc) is 3.03. The summed E-state index contributed by atoms with van der Waals surface area (Å²) in [4.78, 5) is 36.4. The molecular formula is C18H19N5O3. The minimum absolute atomic E-state index is 0.171. The van der Waals surface area contributed by atoms with E-state index in [1.165, 1.54) is 25.6 Å². The quantitative estimate of drug-likeness (QED) is 0.708. The first-order valence-corrected chi connectivity index (χ1v) is 8.14. The molecule has 0 bridgehead atoms. The highest BCUT2D eigenvalue weighted by Gasteiger charge is 2.12. The van der Waals surface area contributed by atoms with Crippen LogP contribution in [0.3, 0.4) is 0 Å². The van der Waals surface area contributed by atoms with Crippen LogP contribution in [0, 0.1) is 5.92 Å². The van der Waals surface area contributed by atoms with E-state index >= 15 is 0 Å². The van der Waals surface area contributed by atoms with E-state index < -0.39 is 5.97 Å². The molecule has 0 atom stereocenters. The van der Waals surface area contributed by atoms with Crippen molar-refractivity contribution in [3.05, 3.63) is 48.2 Å². The van der Waals surface area contributed by atoms with Crippen molar-refractivity contribution in [2.45, 2.75) is 20.4 Å². The molecule has 3 heterocycles. The van der Waals surface area contributed by atoms with Gasteiger partial charge < -0.3 is 14.6 Å². The summed E-state index contributed by atoms with van der Waals surface area (Å²) in [6.45, 7) is 5.05. The van der Waals surface area contributed by atoms with Gasteiger partial charge in [-0.15, -0.1) is 0 Å². The number of aromatic nitrogens is 4. The Morgan fingerprint density at radius 3 is 2.65 bits per heavy atom. The molecule has 134 valence electrons. The van der Waals surface area contributed by atoms with E-state index in [1.807, 2.05) is 4.57 Å². The van der Waals surface area contributed by atoms with Crippen LogP contribution in [-0.2, 0) is 11.3 Å². The molecule has 0 saturated carbocycles. The lowest BCUT2D eigenvalue weighted by Gasteiger charge is -2.07. The van der Waals surface area contributed by atoms with E-state index in [0.29, 0.717) is 22.7 Å². The molecule has 0 saturated heterocycles. The molecule has 1 N–H and O–H groups in total. The average molecular weight is 353 g/mol. The fourth-order valence-electron chi connectivity index (χ4n) is 2.50. The summed E-state index contributed by atoms with van der Waals surface area (Å²) >= 11 is 0. The predicted octanol–water partition coefficient (Wildman–Crippen LogP) is 2.52. The Balaban J connectivity index is 1.76. The summed E-state index contributed by atoms with van der Waals surface area (Å²) in [6, 6.07) is 4.77. The SMILES string of the molecule is COC(=O)c1ccc(NC(=O)c2cnc3c(c2)ncn3CC(C)C)cn1. The van der Waals surface area contributed by atoms with Crippen LogP contribution in [-0.4, -0.2) is 38.5 Å². The number of ether oxygens (including phenoxy) is 1. The zero-order chi connectivity index (χ0) is 18.7. The molecule has 0 radical (unpaired) electrons. The number of nitrogens with zero attached hydrogens (tertiary/aromatic N) is 4. The largest absolute Gasteiger partial charge is 0.464 e. The number of nitrogens with one attached hydrogen (secondary N) is 1. The number of rotatable bonds is 5. The Bertz CT molecular complexity index is 947. The standard InChI is InChI=1S/C18H19N5O3/c1-11(2)9-23-10-21-15-6-12(7-20-16(15)23)17(24)22-13-4-5-14(19-8-13)18(25)26-3/h4-8,10-11H,9H2,1-3H3,(H,22,24). The van der Waals surface area contributed by atoms with E-state index in [0.717, 1.165) is 12.2 Å². The van der Waals surface area contributed by atoms with Gasteiger partial charge >= 0.3 is 5.97 Å². The van der Waals surface area contributed by atoms with Crippen LogP contribution >= 0.6 is 0 Å². The Hall–Kier alpha value is -3.29. The van der Waals surface area contributed by atoms with Crippen LogP contribution in [0.2, 0.25) is 0 Å². The lowest BCUT2D eigenvalue weighted by Crippen LogP contribution is -2.13. The van der Waals surface area contributed by atoms with Crippen molar-refractivity contribution < 1.29 is 14.3 Å². The van der Waals surface area contributed by atoms with Crippen molar-refractivity contribution in [3.63, 3.8) is 0 Å². The van der Waals surface area contributed by atoms with Crippen molar-refractivity contribution in [1.29, 1.82) is 0 Å². The molecule has 0 fully saturated rings. The zero-order valence-corrected chi connectivity index (χ0v) is 14.8. The monoisotopic (exact) mass is 353 g/mol. The van der Waals surface area contributed by atoms with Gasteiger partial charge in [0.05, 0.1) is 30.9 Å². The number of methoxy groups -OCH3 is 1. The van der Waals surface area contributed by atoms with Gasteiger partial charge in [0.1, 0.15) is 11.2 Å². The Labute approximate surface area is 150 Å². The maximum atomic E-state index is 12.4. The van der Waals surface area contributed by atoms with E-state index in [1.54, 1.807) is 18.5 Å². The van der Waals surface area contributed by atoms with Gasteiger partial charge in [0.25, 0.3) is 5.91 Å². The number of fused-ring (bicyclic) bond motifs is 1. The smallest absolute Gasteiger partial charge is 0.356 e. The fraction of sp³-hybridized carbons (Fsp3) is 0.278. The van der Waals surface area contributed by atoms with Gasteiger partial charge in [-0.3, -0.25) is 4.79 Å².